The van der Waals surface area contributed by atoms with E-state index in [4.69, 9.17) is 9.84 Å². The van der Waals surface area contributed by atoms with Gasteiger partial charge in [0, 0.05) is 30.6 Å². The van der Waals surface area contributed by atoms with Gasteiger partial charge >= 0.3 is 6.03 Å². The standard InChI is InChI=1S/C42H53N9O2/c1-29-12-8-11-25-49(29)41-46-45-38-22-19-32(28-50(38)41)53-36-21-20-35(33-13-6-7-14-34(33)36)43-40(52)44-39-26-37(42(2,3)4)47-51(39)31-17-15-30(16-18-31)27-48-23-9-5-10-24-48/h6-7,13-19,22,26,28-29,35-36H,5,8-12,20-21,23-25,27H2,1-4H3,(H2,43,44,52)/t29?,35-,36+/m0/s1. The van der Waals surface area contributed by atoms with Crippen LogP contribution in [0.1, 0.15) is 114 Å². The van der Waals surface area contributed by atoms with Crippen LogP contribution in [0.5, 0.6) is 5.75 Å². The van der Waals surface area contributed by atoms with Gasteiger partial charge < -0.3 is 15.0 Å². The van der Waals surface area contributed by atoms with Gasteiger partial charge in [0.05, 0.1) is 23.6 Å². The number of benzene rings is 2. The molecule has 0 radical (unpaired) electrons. The number of fused-ring (bicyclic) bond motifs is 2. The van der Waals surface area contributed by atoms with Crippen LogP contribution in [0.2, 0.25) is 0 Å². The molecular formula is C42H53N9O2. The Kier molecular flexibility index (Phi) is 9.85. The van der Waals surface area contributed by atoms with Gasteiger partial charge in [0.25, 0.3) is 0 Å². The summed E-state index contributed by atoms with van der Waals surface area (Å²) in [6.45, 7) is 13.0. The summed E-state index contributed by atoms with van der Waals surface area (Å²) in [7, 11) is 0. The van der Waals surface area contributed by atoms with E-state index in [1.54, 1.807) is 0 Å². The van der Waals surface area contributed by atoms with Gasteiger partial charge in [0.15, 0.2) is 5.65 Å². The van der Waals surface area contributed by atoms with Crippen LogP contribution < -0.4 is 20.3 Å². The fraction of sp³-hybridized carbons (Fsp3) is 0.476. The van der Waals surface area contributed by atoms with Crippen molar-refractivity contribution < 1.29 is 9.53 Å². The topological polar surface area (TPSA) is 105 Å². The quantitative estimate of drug-likeness (QED) is 0.166. The highest BCUT2D eigenvalue weighted by molar-refractivity contribution is 5.89. The smallest absolute Gasteiger partial charge is 0.320 e. The summed E-state index contributed by atoms with van der Waals surface area (Å²) in [6, 6.07) is 22.8. The van der Waals surface area contributed by atoms with E-state index in [0.717, 1.165) is 91.7 Å². The SMILES string of the molecule is CC1CCCCN1c1nnc2ccc(O[C@@H]3CC[C@H](NC(=O)Nc4cc(C(C)(C)C)nn4-c4ccc(CN5CCCCC5)cc4)c4ccccc43)cn12. The lowest BCUT2D eigenvalue weighted by atomic mass is 9.85. The summed E-state index contributed by atoms with van der Waals surface area (Å²) in [6.07, 6.45) is 10.8. The number of ether oxygens (including phenoxy) is 1. The van der Waals surface area contributed by atoms with Crippen LogP contribution in [0.15, 0.2) is 72.9 Å². The predicted octanol–water partition coefficient (Wildman–Crippen LogP) is 8.35. The third-order valence-electron chi connectivity index (χ3n) is 11.2. The molecule has 5 heterocycles. The number of anilines is 2. The van der Waals surface area contributed by atoms with Crippen LogP contribution in [0, 0.1) is 0 Å². The Morgan fingerprint density at radius 3 is 2.42 bits per heavy atom. The fourth-order valence-corrected chi connectivity index (χ4v) is 8.17. The number of nitrogens with zero attached hydrogens (tertiary/aromatic N) is 7. The molecule has 3 aromatic heterocycles. The molecule has 3 aliphatic rings. The molecule has 1 unspecified atom stereocenters. The highest BCUT2D eigenvalue weighted by Gasteiger charge is 2.31. The zero-order valence-corrected chi connectivity index (χ0v) is 31.6. The van der Waals surface area contributed by atoms with Gasteiger partial charge in [-0.15, -0.1) is 10.2 Å². The lowest BCUT2D eigenvalue weighted by molar-refractivity contribution is 0.171. The molecule has 2 fully saturated rings. The van der Waals surface area contributed by atoms with Gasteiger partial charge in [-0.2, -0.15) is 5.10 Å². The molecule has 2 N–H and O–H groups in total. The van der Waals surface area contributed by atoms with Gasteiger partial charge in [0.1, 0.15) is 17.7 Å². The summed E-state index contributed by atoms with van der Waals surface area (Å²) in [5.41, 5.74) is 5.91. The van der Waals surface area contributed by atoms with E-state index in [0.29, 0.717) is 11.9 Å². The Labute approximate surface area is 312 Å². The Balaban J connectivity index is 0.972. The van der Waals surface area contributed by atoms with Gasteiger partial charge in [-0.3, -0.25) is 14.6 Å². The highest BCUT2D eigenvalue weighted by Crippen LogP contribution is 2.39. The van der Waals surface area contributed by atoms with E-state index >= 15 is 0 Å². The molecule has 2 amide bonds. The summed E-state index contributed by atoms with van der Waals surface area (Å²) in [4.78, 5) is 18.6. The Morgan fingerprint density at radius 1 is 0.868 bits per heavy atom. The Bertz CT molecular complexity index is 2040. The van der Waals surface area contributed by atoms with Crippen molar-refractivity contribution in [2.45, 2.75) is 109 Å². The first-order valence-corrected chi connectivity index (χ1v) is 19.6. The van der Waals surface area contributed by atoms with Crippen LogP contribution in [-0.2, 0) is 12.0 Å². The molecule has 1 aliphatic carbocycles. The van der Waals surface area contributed by atoms with Crippen molar-refractivity contribution in [3.63, 3.8) is 0 Å². The van der Waals surface area contributed by atoms with Crippen molar-refractivity contribution in [3.8, 4) is 11.4 Å². The maximum atomic E-state index is 13.7. The molecule has 3 atom stereocenters. The first-order chi connectivity index (χ1) is 25.7. The number of urea groups is 1. The zero-order valence-electron chi connectivity index (χ0n) is 31.6. The lowest BCUT2D eigenvalue weighted by Gasteiger charge is -2.33. The molecule has 0 spiro atoms. The van der Waals surface area contributed by atoms with Crippen molar-refractivity contribution in [1.29, 1.82) is 0 Å². The van der Waals surface area contributed by atoms with E-state index in [1.165, 1.54) is 31.2 Å². The molecule has 278 valence electrons. The number of likely N-dealkylation sites (tertiary alicyclic amines) is 1. The molecule has 11 heteroatoms. The zero-order chi connectivity index (χ0) is 36.5. The molecule has 2 saturated heterocycles. The molecule has 0 bridgehead atoms. The number of carbonyl (C=O) groups excluding carboxylic acids is 1. The van der Waals surface area contributed by atoms with Crippen molar-refractivity contribution >= 4 is 23.4 Å². The first-order valence-electron chi connectivity index (χ1n) is 19.6. The molecule has 8 rings (SSSR count). The van der Waals surface area contributed by atoms with Gasteiger partial charge in [0.2, 0.25) is 5.95 Å². The number of aromatic nitrogens is 5. The maximum Gasteiger partial charge on any atom is 0.320 e. The second kappa shape index (κ2) is 14.9. The van der Waals surface area contributed by atoms with Crippen LogP contribution in [-0.4, -0.2) is 61.0 Å². The number of pyridine rings is 1. The molecule has 53 heavy (non-hydrogen) atoms. The minimum atomic E-state index is -0.259. The Morgan fingerprint density at radius 2 is 1.64 bits per heavy atom. The van der Waals surface area contributed by atoms with Gasteiger partial charge in [-0.1, -0.05) is 63.6 Å². The molecule has 5 aromatic rings. The van der Waals surface area contributed by atoms with Crippen LogP contribution in [0.25, 0.3) is 11.3 Å². The number of hydrogen-bond acceptors (Lipinski definition) is 7. The van der Waals surface area contributed by atoms with Gasteiger partial charge in [-0.05, 0) is 106 Å². The predicted molar refractivity (Wildman–Crippen MR) is 209 cm³/mol. The van der Waals surface area contributed by atoms with Crippen molar-refractivity contribution in [1.82, 2.24) is 34.6 Å². The lowest BCUT2D eigenvalue weighted by Crippen LogP contribution is -2.38. The minimum absolute atomic E-state index is 0.146. The molecule has 0 saturated carbocycles. The highest BCUT2D eigenvalue weighted by atomic mass is 16.5. The van der Waals surface area contributed by atoms with E-state index in [1.807, 2.05) is 41.2 Å². The average molecular weight is 716 g/mol. The van der Waals surface area contributed by atoms with Crippen molar-refractivity contribution in [2.75, 3.05) is 29.9 Å². The number of amides is 2. The van der Waals surface area contributed by atoms with Crippen molar-refractivity contribution in [2.24, 2.45) is 0 Å². The molecule has 2 aliphatic heterocycles. The normalized spacial score (nSPS) is 21.0. The molecular weight excluding hydrogens is 663 g/mol. The van der Waals surface area contributed by atoms with E-state index in [2.05, 4.69) is 99.1 Å². The summed E-state index contributed by atoms with van der Waals surface area (Å²) in [5, 5.41) is 20.4. The largest absolute Gasteiger partial charge is 0.484 e. The first kappa shape index (κ1) is 35.1. The third kappa shape index (κ3) is 7.62. The minimum Gasteiger partial charge on any atom is -0.484 e. The number of nitrogens with one attached hydrogen (secondary N) is 2. The van der Waals surface area contributed by atoms with Crippen molar-refractivity contribution in [3.05, 3.63) is 95.3 Å². The van der Waals surface area contributed by atoms with Crippen LogP contribution >= 0.6 is 0 Å². The number of rotatable bonds is 8. The van der Waals surface area contributed by atoms with Crippen LogP contribution in [0.4, 0.5) is 16.6 Å². The second-order valence-electron chi connectivity index (χ2n) is 16.2. The summed E-state index contributed by atoms with van der Waals surface area (Å²) < 4.78 is 10.6. The number of carbonyl (C=O) groups is 1. The van der Waals surface area contributed by atoms with Gasteiger partial charge in [-0.25, -0.2) is 9.48 Å². The Hall–Kier alpha value is -4.90. The molecule has 11 nitrogen and oxygen atoms in total. The van der Waals surface area contributed by atoms with E-state index in [9.17, 15) is 4.79 Å². The van der Waals surface area contributed by atoms with Crippen LogP contribution in [0.3, 0.4) is 0 Å². The number of piperidine rings is 2. The van der Waals surface area contributed by atoms with E-state index in [-0.39, 0.29) is 23.6 Å². The maximum absolute atomic E-state index is 13.7. The summed E-state index contributed by atoms with van der Waals surface area (Å²) >= 11 is 0. The second-order valence-corrected chi connectivity index (χ2v) is 16.2. The summed E-state index contributed by atoms with van der Waals surface area (Å²) in [5.74, 6) is 2.29. The number of hydrogen-bond donors (Lipinski definition) is 2. The fourth-order valence-electron chi connectivity index (χ4n) is 8.17. The monoisotopic (exact) mass is 715 g/mol. The third-order valence-corrected chi connectivity index (χ3v) is 11.2. The molecule has 2 aromatic carbocycles. The van der Waals surface area contributed by atoms with E-state index < -0.39 is 0 Å². The average Bonchev–Trinajstić information content (AvgIpc) is 3.78.